The minimum atomic E-state index is -0.400. The average molecular weight is 402 g/mol. The van der Waals surface area contributed by atoms with Crippen LogP contribution >= 0.6 is 12.2 Å². The van der Waals surface area contributed by atoms with Gasteiger partial charge >= 0.3 is 5.97 Å². The lowest BCUT2D eigenvalue weighted by Gasteiger charge is -2.29. The molecule has 1 N–H and O–H groups in total. The molecule has 0 unspecified atom stereocenters. The van der Waals surface area contributed by atoms with Crippen LogP contribution in [-0.2, 0) is 9.53 Å². The van der Waals surface area contributed by atoms with Crippen LogP contribution in [0.25, 0.3) is 10.9 Å². The topological polar surface area (TPSA) is 84.0 Å². The first-order chi connectivity index (χ1) is 13.5. The summed E-state index contributed by atoms with van der Waals surface area (Å²) >= 11 is 5.36. The lowest BCUT2D eigenvalue weighted by Crippen LogP contribution is -2.50. The van der Waals surface area contributed by atoms with Crippen molar-refractivity contribution in [2.75, 3.05) is 33.4 Å². The molecule has 1 saturated heterocycles. The number of nitrogens with one attached hydrogen (secondary N) is 1. The van der Waals surface area contributed by atoms with Crippen molar-refractivity contribution in [1.29, 1.82) is 0 Å². The predicted molar refractivity (Wildman–Crippen MR) is 108 cm³/mol. The smallest absolute Gasteiger partial charge is 0.325 e. The molecule has 0 atom stereocenters. The van der Waals surface area contributed by atoms with E-state index in [9.17, 15) is 9.59 Å². The number of pyridine rings is 1. The number of rotatable bonds is 5. The number of amides is 1. The van der Waals surface area contributed by atoms with Gasteiger partial charge in [-0.1, -0.05) is 12.1 Å². The highest BCUT2D eigenvalue weighted by molar-refractivity contribution is 7.80. The Hall–Kier alpha value is -2.94. The lowest BCUT2D eigenvalue weighted by molar-refractivity contribution is -0.141. The molecular weight excluding hydrogens is 380 g/mol. The van der Waals surface area contributed by atoms with Gasteiger partial charge in [-0.25, -0.2) is 9.99 Å². The van der Waals surface area contributed by atoms with E-state index in [0.717, 1.165) is 11.8 Å². The Bertz CT molecular complexity index is 905. The molecule has 0 aliphatic carbocycles. The maximum Gasteiger partial charge on any atom is 0.325 e. The molecule has 1 aliphatic rings. The normalized spacial score (nSPS) is 13.5. The second-order valence-electron chi connectivity index (χ2n) is 6.10. The molecule has 2 heterocycles. The van der Waals surface area contributed by atoms with Gasteiger partial charge < -0.3 is 14.8 Å². The van der Waals surface area contributed by atoms with Crippen molar-refractivity contribution in [1.82, 2.24) is 20.3 Å². The average Bonchev–Trinajstić information content (AvgIpc) is 3.20. The Morgan fingerprint density at radius 1 is 1.25 bits per heavy atom. The van der Waals surface area contributed by atoms with Gasteiger partial charge in [0.25, 0.3) is 5.91 Å². The van der Waals surface area contributed by atoms with Crippen molar-refractivity contribution >= 4 is 40.1 Å². The molecule has 148 valence electrons. The van der Waals surface area contributed by atoms with E-state index >= 15 is 0 Å². The van der Waals surface area contributed by atoms with Crippen molar-refractivity contribution in [3.63, 3.8) is 0 Å². The number of nitrogens with zero attached hydrogens (tertiary/aromatic N) is 3. The molecule has 1 aromatic heterocycles. The minimum absolute atomic E-state index is 0.0484. The molecule has 8 nitrogen and oxygen atoms in total. The van der Waals surface area contributed by atoms with Gasteiger partial charge in [0.2, 0.25) is 0 Å². The summed E-state index contributed by atoms with van der Waals surface area (Å²) < 4.78 is 10.3. The number of benzene rings is 1. The number of thiocarbonyl (C=S) groups is 1. The van der Waals surface area contributed by atoms with Gasteiger partial charge in [0.15, 0.2) is 5.11 Å². The van der Waals surface area contributed by atoms with E-state index in [2.05, 4.69) is 10.3 Å². The number of hydrazine groups is 1. The number of aromatic nitrogens is 1. The number of carbonyl (C=O) groups is 2. The molecule has 0 spiro atoms. The third kappa shape index (κ3) is 4.14. The molecule has 2 aromatic rings. The number of ether oxygens (including phenoxy) is 2. The summed E-state index contributed by atoms with van der Waals surface area (Å²) in [5.41, 5.74) is 0.953. The number of carbonyl (C=O) groups excluding carboxylic acids is 2. The van der Waals surface area contributed by atoms with E-state index in [0.29, 0.717) is 36.1 Å². The Morgan fingerprint density at radius 2 is 2.00 bits per heavy atom. The number of hydrogen-bond donors (Lipinski definition) is 1. The fourth-order valence-electron chi connectivity index (χ4n) is 3.04. The zero-order chi connectivity index (χ0) is 20.1. The van der Waals surface area contributed by atoms with Crippen LogP contribution in [0.5, 0.6) is 5.75 Å². The molecule has 3 rings (SSSR count). The summed E-state index contributed by atoms with van der Waals surface area (Å²) in [7, 11) is 1.56. The number of para-hydroxylation sites is 1. The van der Waals surface area contributed by atoms with Crippen LogP contribution in [0.2, 0.25) is 0 Å². The quantitative estimate of drug-likeness (QED) is 0.598. The predicted octanol–water partition coefficient (Wildman–Crippen LogP) is 1.74. The molecular formula is C19H22N4O4S. The molecule has 1 aromatic carbocycles. The molecule has 1 fully saturated rings. The monoisotopic (exact) mass is 402 g/mol. The zero-order valence-electron chi connectivity index (χ0n) is 15.8. The summed E-state index contributed by atoms with van der Waals surface area (Å²) in [4.78, 5) is 29.1. The molecule has 0 saturated carbocycles. The second-order valence-corrected chi connectivity index (χ2v) is 6.48. The number of fused-ring (bicyclic) bond motifs is 1. The second kappa shape index (κ2) is 8.83. The van der Waals surface area contributed by atoms with Gasteiger partial charge in [0.1, 0.15) is 18.0 Å². The van der Waals surface area contributed by atoms with E-state index in [-0.39, 0.29) is 18.1 Å². The van der Waals surface area contributed by atoms with Crippen LogP contribution in [0.3, 0.4) is 0 Å². The summed E-state index contributed by atoms with van der Waals surface area (Å²) in [5.74, 6) is -0.0904. The third-order valence-electron chi connectivity index (χ3n) is 4.31. The van der Waals surface area contributed by atoms with Crippen molar-refractivity contribution < 1.29 is 19.1 Å². The molecule has 0 bridgehead atoms. The first kappa shape index (κ1) is 19.8. The van der Waals surface area contributed by atoms with Crippen LogP contribution in [0.15, 0.2) is 30.3 Å². The molecule has 9 heteroatoms. The standard InChI is InChI=1S/C19H22N4O4S/c1-3-27-17(24)12-20-19(28)23-10-6-9-22(23)18(25)15-11-16(26-2)13-7-4-5-8-14(13)21-15/h4-5,7-8,11H,3,6,9-10,12H2,1-2H3,(H,20,28). The largest absolute Gasteiger partial charge is 0.496 e. The Labute approximate surface area is 168 Å². The van der Waals surface area contributed by atoms with Crippen molar-refractivity contribution in [3.05, 3.63) is 36.0 Å². The van der Waals surface area contributed by atoms with E-state index < -0.39 is 5.97 Å². The van der Waals surface area contributed by atoms with Crippen LogP contribution in [0.4, 0.5) is 0 Å². The zero-order valence-corrected chi connectivity index (χ0v) is 16.6. The Morgan fingerprint density at radius 3 is 2.75 bits per heavy atom. The molecule has 1 aliphatic heterocycles. The SMILES string of the molecule is CCOC(=O)CNC(=S)N1CCCN1C(=O)c1cc(OC)c2ccccc2n1. The maximum atomic E-state index is 13.1. The molecule has 28 heavy (non-hydrogen) atoms. The van der Waals surface area contributed by atoms with Gasteiger partial charge in [-0.15, -0.1) is 0 Å². The van der Waals surface area contributed by atoms with Crippen LogP contribution < -0.4 is 10.1 Å². The van der Waals surface area contributed by atoms with Gasteiger partial charge in [-0.05, 0) is 37.7 Å². The summed E-state index contributed by atoms with van der Waals surface area (Å²) in [5, 5.41) is 7.17. The summed E-state index contributed by atoms with van der Waals surface area (Å²) in [6.07, 6.45) is 0.762. The number of hydrogen-bond acceptors (Lipinski definition) is 6. The molecule has 1 amide bonds. The van der Waals surface area contributed by atoms with E-state index in [1.165, 1.54) is 5.01 Å². The maximum absolute atomic E-state index is 13.1. The lowest BCUT2D eigenvalue weighted by atomic mass is 10.1. The first-order valence-electron chi connectivity index (χ1n) is 9.01. The van der Waals surface area contributed by atoms with Crippen molar-refractivity contribution in [2.24, 2.45) is 0 Å². The highest BCUT2D eigenvalue weighted by Crippen LogP contribution is 2.26. The van der Waals surface area contributed by atoms with E-state index in [4.69, 9.17) is 21.7 Å². The highest BCUT2D eigenvalue weighted by atomic mass is 32.1. The Kier molecular flexibility index (Phi) is 6.25. The molecule has 0 radical (unpaired) electrons. The minimum Gasteiger partial charge on any atom is -0.496 e. The highest BCUT2D eigenvalue weighted by Gasteiger charge is 2.31. The fraction of sp³-hybridized carbons (Fsp3) is 0.368. The Balaban J connectivity index is 1.78. The summed E-state index contributed by atoms with van der Waals surface area (Å²) in [6.45, 7) is 3.08. The number of methoxy groups -OCH3 is 1. The van der Waals surface area contributed by atoms with Crippen molar-refractivity contribution in [2.45, 2.75) is 13.3 Å². The third-order valence-corrected chi connectivity index (χ3v) is 4.66. The van der Waals surface area contributed by atoms with Gasteiger partial charge in [-0.3, -0.25) is 14.6 Å². The van der Waals surface area contributed by atoms with E-state index in [1.54, 1.807) is 25.1 Å². The van der Waals surface area contributed by atoms with E-state index in [1.807, 2.05) is 24.3 Å². The van der Waals surface area contributed by atoms with Crippen LogP contribution in [0.1, 0.15) is 23.8 Å². The van der Waals surface area contributed by atoms with Crippen LogP contribution in [0, 0.1) is 0 Å². The van der Waals surface area contributed by atoms with Gasteiger partial charge in [0.05, 0.1) is 19.2 Å². The van der Waals surface area contributed by atoms with Crippen LogP contribution in [-0.4, -0.2) is 65.3 Å². The van der Waals surface area contributed by atoms with Crippen molar-refractivity contribution in [3.8, 4) is 5.75 Å². The van der Waals surface area contributed by atoms with Gasteiger partial charge in [-0.2, -0.15) is 0 Å². The van der Waals surface area contributed by atoms with Gasteiger partial charge in [0, 0.05) is 24.5 Å². The number of esters is 1. The summed E-state index contributed by atoms with van der Waals surface area (Å²) in [6, 6.07) is 9.12. The first-order valence-corrected chi connectivity index (χ1v) is 9.42. The fourth-order valence-corrected chi connectivity index (χ4v) is 3.30.